The Labute approximate surface area is 191 Å². The van der Waals surface area contributed by atoms with Crippen LogP contribution in [0.2, 0.25) is 10.0 Å². The minimum atomic E-state index is -0.397. The number of methoxy groups -OCH3 is 1. The molecule has 5 nitrogen and oxygen atoms in total. The second-order valence-corrected chi connectivity index (χ2v) is 7.53. The predicted octanol–water partition coefficient (Wildman–Crippen LogP) is 5.90. The van der Waals surface area contributed by atoms with Gasteiger partial charge in [0.2, 0.25) is 0 Å². The molecule has 0 aromatic heterocycles. The zero-order chi connectivity index (χ0) is 22.2. The second-order valence-electron chi connectivity index (χ2n) is 6.66. The van der Waals surface area contributed by atoms with Gasteiger partial charge in [-0.3, -0.25) is 4.79 Å². The Morgan fingerprint density at radius 2 is 1.35 bits per heavy atom. The summed E-state index contributed by atoms with van der Waals surface area (Å²) in [6.45, 7) is 0.846. The van der Waals surface area contributed by atoms with E-state index in [9.17, 15) is 9.59 Å². The molecule has 0 saturated carbocycles. The Morgan fingerprint density at radius 1 is 0.806 bits per heavy atom. The number of anilines is 1. The van der Waals surface area contributed by atoms with E-state index in [0.29, 0.717) is 46.5 Å². The van der Waals surface area contributed by atoms with Crippen LogP contribution in [-0.2, 0) is 4.74 Å². The van der Waals surface area contributed by atoms with E-state index in [1.54, 1.807) is 65.6 Å². The lowest BCUT2D eigenvalue weighted by atomic mass is 10.1. The van der Waals surface area contributed by atoms with Gasteiger partial charge in [-0.2, -0.15) is 0 Å². The Morgan fingerprint density at radius 3 is 1.94 bits per heavy atom. The van der Waals surface area contributed by atoms with Gasteiger partial charge in [-0.25, -0.2) is 4.79 Å². The fourth-order valence-corrected chi connectivity index (χ4v) is 3.19. The number of ether oxygens (including phenoxy) is 2. The summed E-state index contributed by atoms with van der Waals surface area (Å²) in [6.07, 6.45) is 0.598. The normalized spacial score (nSPS) is 10.4. The average Bonchev–Trinajstić information content (AvgIpc) is 2.80. The summed E-state index contributed by atoms with van der Waals surface area (Å²) in [5, 5.41) is 1.17. The van der Waals surface area contributed by atoms with Gasteiger partial charge in [0, 0.05) is 27.8 Å². The van der Waals surface area contributed by atoms with Crippen LogP contribution < -0.4 is 9.64 Å². The van der Waals surface area contributed by atoms with Crippen molar-refractivity contribution in [2.75, 3.05) is 25.2 Å². The number of halogens is 2. The van der Waals surface area contributed by atoms with E-state index in [2.05, 4.69) is 4.74 Å². The lowest BCUT2D eigenvalue weighted by Crippen LogP contribution is -2.32. The molecule has 0 fully saturated rings. The summed E-state index contributed by atoms with van der Waals surface area (Å²) >= 11 is 11.9. The molecule has 3 aromatic rings. The molecule has 1 amide bonds. The van der Waals surface area contributed by atoms with E-state index < -0.39 is 5.97 Å². The van der Waals surface area contributed by atoms with E-state index in [-0.39, 0.29) is 5.91 Å². The van der Waals surface area contributed by atoms with Gasteiger partial charge in [-0.1, -0.05) is 23.2 Å². The van der Waals surface area contributed by atoms with E-state index in [1.165, 1.54) is 7.11 Å². The molecule has 7 heteroatoms. The maximum Gasteiger partial charge on any atom is 0.337 e. The van der Waals surface area contributed by atoms with Crippen LogP contribution in [0.3, 0.4) is 0 Å². The molecular formula is C24H21Cl2NO4. The molecule has 0 bridgehead atoms. The van der Waals surface area contributed by atoms with Crippen molar-refractivity contribution in [2.24, 2.45) is 0 Å². The third kappa shape index (κ3) is 6.23. The van der Waals surface area contributed by atoms with Gasteiger partial charge in [0.1, 0.15) is 5.75 Å². The first kappa shape index (κ1) is 22.7. The zero-order valence-corrected chi connectivity index (χ0v) is 18.4. The van der Waals surface area contributed by atoms with Crippen molar-refractivity contribution in [1.29, 1.82) is 0 Å². The number of hydrogen-bond acceptors (Lipinski definition) is 4. The molecule has 0 aliphatic heterocycles. The predicted molar refractivity (Wildman–Crippen MR) is 122 cm³/mol. The van der Waals surface area contributed by atoms with Crippen LogP contribution in [0.1, 0.15) is 27.1 Å². The van der Waals surface area contributed by atoms with Crippen molar-refractivity contribution in [3.63, 3.8) is 0 Å². The molecule has 3 aromatic carbocycles. The molecule has 160 valence electrons. The first-order valence-electron chi connectivity index (χ1n) is 9.62. The third-order valence-electron chi connectivity index (χ3n) is 4.54. The number of nitrogens with zero attached hydrogens (tertiary/aromatic N) is 1. The average molecular weight is 458 g/mol. The summed E-state index contributed by atoms with van der Waals surface area (Å²) < 4.78 is 10.4. The first-order valence-corrected chi connectivity index (χ1v) is 10.4. The second kappa shape index (κ2) is 10.8. The number of rotatable bonds is 8. The van der Waals surface area contributed by atoms with Gasteiger partial charge >= 0.3 is 5.97 Å². The van der Waals surface area contributed by atoms with Crippen LogP contribution in [0.4, 0.5) is 5.69 Å². The third-order valence-corrected chi connectivity index (χ3v) is 5.05. The molecule has 0 saturated heterocycles. The molecule has 0 aliphatic rings. The number of benzene rings is 3. The van der Waals surface area contributed by atoms with Gasteiger partial charge < -0.3 is 14.4 Å². The zero-order valence-electron chi connectivity index (χ0n) is 16.9. The van der Waals surface area contributed by atoms with Crippen molar-refractivity contribution < 1.29 is 19.1 Å². The van der Waals surface area contributed by atoms with Gasteiger partial charge in [0.15, 0.2) is 0 Å². The quantitative estimate of drug-likeness (QED) is 0.312. The number of hydrogen-bond donors (Lipinski definition) is 0. The van der Waals surface area contributed by atoms with Gasteiger partial charge in [0.05, 0.1) is 19.3 Å². The summed E-state index contributed by atoms with van der Waals surface area (Å²) in [6, 6.07) is 20.6. The van der Waals surface area contributed by atoms with E-state index in [0.717, 1.165) is 5.69 Å². The highest BCUT2D eigenvalue weighted by molar-refractivity contribution is 6.31. The molecule has 0 atom stereocenters. The molecule has 0 radical (unpaired) electrons. The molecule has 0 heterocycles. The Bertz CT molecular complexity index is 1020. The fourth-order valence-electron chi connectivity index (χ4n) is 2.94. The lowest BCUT2D eigenvalue weighted by molar-refractivity contribution is 0.0600. The molecule has 31 heavy (non-hydrogen) atoms. The number of carbonyl (C=O) groups excluding carboxylic acids is 2. The SMILES string of the molecule is COC(=O)c1ccc(OCCCN(C(=O)c2ccc(Cl)cc2)c2ccc(Cl)cc2)cc1. The molecule has 0 N–H and O–H groups in total. The highest BCUT2D eigenvalue weighted by atomic mass is 35.5. The minimum Gasteiger partial charge on any atom is -0.494 e. The Balaban J connectivity index is 1.64. The van der Waals surface area contributed by atoms with E-state index >= 15 is 0 Å². The van der Waals surface area contributed by atoms with Crippen LogP contribution in [0.25, 0.3) is 0 Å². The van der Waals surface area contributed by atoms with Crippen molar-refractivity contribution in [3.8, 4) is 5.75 Å². The highest BCUT2D eigenvalue weighted by Crippen LogP contribution is 2.22. The van der Waals surface area contributed by atoms with E-state index in [4.69, 9.17) is 27.9 Å². The lowest BCUT2D eigenvalue weighted by Gasteiger charge is -2.23. The minimum absolute atomic E-state index is 0.138. The topological polar surface area (TPSA) is 55.8 Å². The van der Waals surface area contributed by atoms with Gasteiger partial charge in [-0.05, 0) is 79.2 Å². The van der Waals surface area contributed by atoms with Crippen molar-refractivity contribution >= 4 is 40.8 Å². The van der Waals surface area contributed by atoms with Gasteiger partial charge in [0.25, 0.3) is 5.91 Å². The van der Waals surface area contributed by atoms with Crippen LogP contribution >= 0.6 is 23.2 Å². The van der Waals surface area contributed by atoms with Gasteiger partial charge in [-0.15, -0.1) is 0 Å². The van der Waals surface area contributed by atoms with Crippen molar-refractivity contribution in [3.05, 3.63) is 94.0 Å². The summed E-state index contributed by atoms with van der Waals surface area (Å²) in [5.41, 5.74) is 1.74. The van der Waals surface area contributed by atoms with Crippen LogP contribution in [0.15, 0.2) is 72.8 Å². The number of esters is 1. The Hall–Kier alpha value is -3.02. The monoisotopic (exact) mass is 457 g/mol. The summed E-state index contributed by atoms with van der Waals surface area (Å²) in [7, 11) is 1.34. The first-order chi connectivity index (χ1) is 15.0. The summed E-state index contributed by atoms with van der Waals surface area (Å²) in [4.78, 5) is 26.3. The molecular weight excluding hydrogens is 437 g/mol. The Kier molecular flexibility index (Phi) is 7.93. The smallest absolute Gasteiger partial charge is 0.337 e. The maximum atomic E-state index is 13.1. The number of amides is 1. The maximum absolute atomic E-state index is 13.1. The molecule has 0 aliphatic carbocycles. The molecule has 0 unspecified atom stereocenters. The van der Waals surface area contributed by atoms with Crippen LogP contribution in [0, 0.1) is 0 Å². The van der Waals surface area contributed by atoms with Crippen molar-refractivity contribution in [2.45, 2.75) is 6.42 Å². The number of carbonyl (C=O) groups is 2. The van der Waals surface area contributed by atoms with Crippen molar-refractivity contribution in [1.82, 2.24) is 0 Å². The van der Waals surface area contributed by atoms with E-state index in [1.807, 2.05) is 12.1 Å². The van der Waals surface area contributed by atoms with Crippen LogP contribution in [0.5, 0.6) is 5.75 Å². The molecule has 3 rings (SSSR count). The standard InChI is InChI=1S/C24H21Cl2NO4/c1-30-24(29)18-5-13-22(14-6-18)31-16-2-15-27(21-11-9-20(26)10-12-21)23(28)17-3-7-19(25)8-4-17/h3-14H,2,15-16H2,1H3. The highest BCUT2D eigenvalue weighted by Gasteiger charge is 2.17. The van der Waals surface area contributed by atoms with Crippen LogP contribution in [-0.4, -0.2) is 32.1 Å². The largest absolute Gasteiger partial charge is 0.494 e. The summed E-state index contributed by atoms with van der Waals surface area (Å²) in [5.74, 6) is 0.0991. The fraction of sp³-hybridized carbons (Fsp3) is 0.167. The molecule has 0 spiro atoms.